The molecule has 7 heteroatoms. The molecule has 2 rings (SSSR count). The maximum absolute atomic E-state index is 12.0. The van der Waals surface area contributed by atoms with Crippen LogP contribution in [0.1, 0.15) is 26.2 Å². The van der Waals surface area contributed by atoms with E-state index in [2.05, 4.69) is 17.1 Å². The normalized spacial score (nSPS) is 34.0. The van der Waals surface area contributed by atoms with Crippen molar-refractivity contribution in [3.63, 3.8) is 0 Å². The van der Waals surface area contributed by atoms with E-state index in [4.69, 9.17) is 5.73 Å². The lowest BCUT2D eigenvalue weighted by atomic mass is 9.93. The number of hydrogen-bond acceptors (Lipinski definition) is 5. The minimum atomic E-state index is -2.94. The highest BCUT2D eigenvalue weighted by Crippen LogP contribution is 2.20. The molecule has 0 saturated carbocycles. The van der Waals surface area contributed by atoms with Gasteiger partial charge in [0.25, 0.3) is 0 Å². The summed E-state index contributed by atoms with van der Waals surface area (Å²) in [7, 11) is -2.94. The lowest BCUT2D eigenvalue weighted by Gasteiger charge is -2.37. The standard InChI is InChI=1S/C13H25N3O3S/c1-10-2-3-11(6-14)7-16(10)8-13(17)15-12-4-5-20(18,19)9-12/h10-12H,2-9,14H2,1H3,(H,15,17). The summed E-state index contributed by atoms with van der Waals surface area (Å²) in [5, 5.41) is 2.84. The molecule has 116 valence electrons. The molecule has 6 nitrogen and oxygen atoms in total. The summed E-state index contributed by atoms with van der Waals surface area (Å²) < 4.78 is 22.7. The fourth-order valence-electron chi connectivity index (χ4n) is 3.04. The van der Waals surface area contributed by atoms with Gasteiger partial charge in [0.2, 0.25) is 5.91 Å². The fourth-order valence-corrected chi connectivity index (χ4v) is 4.72. The Bertz CT molecular complexity index is 452. The van der Waals surface area contributed by atoms with Gasteiger partial charge in [0.15, 0.2) is 9.84 Å². The van der Waals surface area contributed by atoms with Crippen molar-refractivity contribution in [3.8, 4) is 0 Å². The lowest BCUT2D eigenvalue weighted by Crippen LogP contribution is -2.49. The maximum atomic E-state index is 12.0. The van der Waals surface area contributed by atoms with Gasteiger partial charge in [0.05, 0.1) is 18.1 Å². The largest absolute Gasteiger partial charge is 0.351 e. The van der Waals surface area contributed by atoms with Gasteiger partial charge < -0.3 is 11.1 Å². The Morgan fingerprint density at radius 2 is 2.10 bits per heavy atom. The van der Waals surface area contributed by atoms with E-state index in [-0.39, 0.29) is 23.5 Å². The van der Waals surface area contributed by atoms with Crippen molar-refractivity contribution >= 4 is 15.7 Å². The first-order valence-corrected chi connectivity index (χ1v) is 9.15. The van der Waals surface area contributed by atoms with Crippen LogP contribution < -0.4 is 11.1 Å². The quantitative estimate of drug-likeness (QED) is 0.720. The Labute approximate surface area is 121 Å². The van der Waals surface area contributed by atoms with Crippen LogP contribution in [0.3, 0.4) is 0 Å². The first-order valence-electron chi connectivity index (χ1n) is 7.33. The number of amides is 1. The Morgan fingerprint density at radius 3 is 2.70 bits per heavy atom. The van der Waals surface area contributed by atoms with Crippen molar-refractivity contribution in [2.45, 2.75) is 38.3 Å². The molecule has 0 aromatic carbocycles. The third kappa shape index (κ3) is 4.17. The molecule has 0 aromatic heterocycles. The third-order valence-electron chi connectivity index (χ3n) is 4.39. The molecule has 0 aromatic rings. The van der Waals surface area contributed by atoms with Crippen molar-refractivity contribution in [2.75, 3.05) is 31.1 Å². The third-order valence-corrected chi connectivity index (χ3v) is 6.15. The first-order chi connectivity index (χ1) is 9.39. The number of nitrogens with zero attached hydrogens (tertiary/aromatic N) is 1. The highest BCUT2D eigenvalue weighted by molar-refractivity contribution is 7.91. The molecule has 0 aliphatic carbocycles. The molecule has 2 aliphatic heterocycles. The van der Waals surface area contributed by atoms with Gasteiger partial charge in [-0.05, 0) is 38.6 Å². The monoisotopic (exact) mass is 303 g/mol. The van der Waals surface area contributed by atoms with E-state index in [0.717, 1.165) is 19.4 Å². The molecular weight excluding hydrogens is 278 g/mol. The van der Waals surface area contributed by atoms with Crippen LogP contribution in [-0.2, 0) is 14.6 Å². The molecule has 0 radical (unpaired) electrons. The number of nitrogens with two attached hydrogens (primary N) is 1. The fraction of sp³-hybridized carbons (Fsp3) is 0.923. The highest BCUT2D eigenvalue weighted by Gasteiger charge is 2.30. The van der Waals surface area contributed by atoms with Crippen LogP contribution in [0, 0.1) is 5.92 Å². The van der Waals surface area contributed by atoms with Crippen molar-refractivity contribution < 1.29 is 13.2 Å². The summed E-state index contributed by atoms with van der Waals surface area (Å²) in [4.78, 5) is 14.2. The van der Waals surface area contributed by atoms with Crippen LogP contribution in [0.5, 0.6) is 0 Å². The van der Waals surface area contributed by atoms with Crippen LogP contribution in [0.25, 0.3) is 0 Å². The van der Waals surface area contributed by atoms with Crippen molar-refractivity contribution in [1.29, 1.82) is 0 Å². The van der Waals surface area contributed by atoms with Crippen LogP contribution in [0.15, 0.2) is 0 Å². The molecule has 2 heterocycles. The number of carbonyl (C=O) groups excluding carboxylic acids is 1. The highest BCUT2D eigenvalue weighted by atomic mass is 32.2. The minimum Gasteiger partial charge on any atom is -0.351 e. The van der Waals surface area contributed by atoms with Gasteiger partial charge in [-0.15, -0.1) is 0 Å². The average molecular weight is 303 g/mol. The average Bonchev–Trinajstić information content (AvgIpc) is 2.71. The smallest absolute Gasteiger partial charge is 0.234 e. The van der Waals surface area contributed by atoms with Crippen LogP contribution in [-0.4, -0.2) is 62.4 Å². The van der Waals surface area contributed by atoms with Crippen molar-refractivity contribution in [2.24, 2.45) is 11.7 Å². The first kappa shape index (κ1) is 15.7. The molecule has 2 aliphatic rings. The molecular formula is C13H25N3O3S. The molecule has 3 unspecified atom stereocenters. The number of nitrogens with one attached hydrogen (secondary N) is 1. The Hall–Kier alpha value is -0.660. The summed E-state index contributed by atoms with van der Waals surface area (Å²) in [6.07, 6.45) is 2.72. The Kier molecular flexibility index (Phi) is 5.04. The summed E-state index contributed by atoms with van der Waals surface area (Å²) in [5.74, 6) is 0.662. The van der Waals surface area contributed by atoms with E-state index in [9.17, 15) is 13.2 Å². The Balaban J connectivity index is 1.81. The van der Waals surface area contributed by atoms with Gasteiger partial charge in [-0.3, -0.25) is 9.69 Å². The molecule has 3 N–H and O–H groups in total. The molecule has 0 bridgehead atoms. The van der Waals surface area contributed by atoms with Gasteiger partial charge in [-0.2, -0.15) is 0 Å². The van der Waals surface area contributed by atoms with Crippen molar-refractivity contribution in [1.82, 2.24) is 10.2 Å². The van der Waals surface area contributed by atoms with Crippen molar-refractivity contribution in [3.05, 3.63) is 0 Å². The van der Waals surface area contributed by atoms with Crippen LogP contribution in [0.4, 0.5) is 0 Å². The van der Waals surface area contributed by atoms with E-state index < -0.39 is 9.84 Å². The second-order valence-corrected chi connectivity index (χ2v) is 8.35. The zero-order chi connectivity index (χ0) is 14.8. The summed E-state index contributed by atoms with van der Waals surface area (Å²) in [5.41, 5.74) is 5.71. The SMILES string of the molecule is CC1CCC(CN)CN1CC(=O)NC1CCS(=O)(=O)C1. The van der Waals surface area contributed by atoms with E-state index in [1.54, 1.807) is 0 Å². The topological polar surface area (TPSA) is 92.5 Å². The molecule has 1 amide bonds. The van der Waals surface area contributed by atoms with Gasteiger partial charge >= 0.3 is 0 Å². The minimum absolute atomic E-state index is 0.0726. The molecule has 3 atom stereocenters. The summed E-state index contributed by atoms with van der Waals surface area (Å²) in [6.45, 7) is 3.98. The molecule has 2 saturated heterocycles. The predicted octanol–water partition coefficient (Wildman–Crippen LogP) is -0.651. The van der Waals surface area contributed by atoms with E-state index in [1.807, 2.05) is 0 Å². The number of sulfone groups is 1. The second-order valence-electron chi connectivity index (χ2n) is 6.13. The second kappa shape index (κ2) is 6.41. The maximum Gasteiger partial charge on any atom is 0.234 e. The molecule has 2 fully saturated rings. The van der Waals surface area contributed by atoms with E-state index in [1.165, 1.54) is 0 Å². The number of piperidine rings is 1. The zero-order valence-electron chi connectivity index (χ0n) is 12.0. The summed E-state index contributed by atoms with van der Waals surface area (Å²) in [6, 6.07) is 0.175. The molecule has 20 heavy (non-hydrogen) atoms. The zero-order valence-corrected chi connectivity index (χ0v) is 12.9. The predicted molar refractivity (Wildman–Crippen MR) is 78.0 cm³/mol. The number of rotatable bonds is 4. The molecule has 0 spiro atoms. The van der Waals surface area contributed by atoms with Crippen LogP contribution >= 0.6 is 0 Å². The summed E-state index contributed by atoms with van der Waals surface area (Å²) >= 11 is 0. The lowest BCUT2D eigenvalue weighted by molar-refractivity contribution is -0.123. The number of likely N-dealkylation sites (tertiary alicyclic amines) is 1. The van der Waals surface area contributed by atoms with Gasteiger partial charge in [-0.25, -0.2) is 8.42 Å². The van der Waals surface area contributed by atoms with Gasteiger partial charge in [0, 0.05) is 18.6 Å². The van der Waals surface area contributed by atoms with Gasteiger partial charge in [0.1, 0.15) is 0 Å². The number of carbonyl (C=O) groups is 1. The van der Waals surface area contributed by atoms with Crippen LogP contribution in [0.2, 0.25) is 0 Å². The number of hydrogen-bond donors (Lipinski definition) is 2. The van der Waals surface area contributed by atoms with E-state index in [0.29, 0.717) is 31.5 Å². The van der Waals surface area contributed by atoms with Gasteiger partial charge in [-0.1, -0.05) is 0 Å². The Morgan fingerprint density at radius 1 is 1.35 bits per heavy atom. The van der Waals surface area contributed by atoms with E-state index >= 15 is 0 Å².